The SMILES string of the molecule is CCCNC1COCC1C(=O)c1cc(C)cc(C)c1. The number of ketones is 1. The molecule has 1 N–H and O–H groups in total. The Morgan fingerprint density at radius 3 is 2.58 bits per heavy atom. The van der Waals surface area contributed by atoms with Gasteiger partial charge >= 0.3 is 0 Å². The standard InChI is InChI=1S/C16H23NO2/c1-4-5-17-15-10-19-9-14(15)16(18)13-7-11(2)6-12(3)8-13/h6-8,14-15,17H,4-5,9-10H2,1-3H3. The van der Waals surface area contributed by atoms with Gasteiger partial charge in [-0.15, -0.1) is 0 Å². The average molecular weight is 261 g/mol. The Morgan fingerprint density at radius 1 is 1.26 bits per heavy atom. The average Bonchev–Trinajstić information content (AvgIpc) is 2.82. The van der Waals surface area contributed by atoms with Crippen molar-refractivity contribution in [3.63, 3.8) is 0 Å². The quantitative estimate of drug-likeness (QED) is 0.828. The van der Waals surface area contributed by atoms with E-state index >= 15 is 0 Å². The van der Waals surface area contributed by atoms with Crippen molar-refractivity contribution in [1.82, 2.24) is 5.32 Å². The summed E-state index contributed by atoms with van der Waals surface area (Å²) in [6, 6.07) is 6.21. The summed E-state index contributed by atoms with van der Waals surface area (Å²) in [5.41, 5.74) is 3.09. The minimum absolute atomic E-state index is 0.0484. The molecular weight excluding hydrogens is 238 g/mol. The first kappa shape index (κ1) is 14.2. The predicted octanol–water partition coefficient (Wildman–Crippen LogP) is 2.50. The van der Waals surface area contributed by atoms with Crippen molar-refractivity contribution in [3.8, 4) is 0 Å². The summed E-state index contributed by atoms with van der Waals surface area (Å²) in [4.78, 5) is 12.6. The van der Waals surface area contributed by atoms with E-state index in [0.29, 0.717) is 13.2 Å². The zero-order valence-corrected chi connectivity index (χ0v) is 12.0. The molecule has 0 radical (unpaired) electrons. The van der Waals surface area contributed by atoms with Gasteiger partial charge in [-0.1, -0.05) is 24.1 Å². The molecule has 1 aromatic carbocycles. The van der Waals surface area contributed by atoms with E-state index < -0.39 is 0 Å². The molecule has 0 spiro atoms. The third-order valence-electron chi connectivity index (χ3n) is 3.58. The lowest BCUT2D eigenvalue weighted by Crippen LogP contribution is -2.39. The van der Waals surface area contributed by atoms with Gasteiger partial charge in [0.1, 0.15) is 0 Å². The van der Waals surface area contributed by atoms with Crippen molar-refractivity contribution in [2.24, 2.45) is 5.92 Å². The summed E-state index contributed by atoms with van der Waals surface area (Å²) in [5.74, 6) is 0.158. The lowest BCUT2D eigenvalue weighted by atomic mass is 9.91. The third-order valence-corrected chi connectivity index (χ3v) is 3.58. The zero-order chi connectivity index (χ0) is 13.8. The topological polar surface area (TPSA) is 38.3 Å². The highest BCUT2D eigenvalue weighted by Crippen LogP contribution is 2.21. The van der Waals surface area contributed by atoms with Crippen molar-refractivity contribution in [3.05, 3.63) is 34.9 Å². The molecule has 0 saturated carbocycles. The molecule has 1 aliphatic rings. The molecule has 2 atom stereocenters. The molecule has 0 amide bonds. The van der Waals surface area contributed by atoms with Gasteiger partial charge in [-0.3, -0.25) is 4.79 Å². The molecule has 0 aromatic heterocycles. The van der Waals surface area contributed by atoms with Crippen LogP contribution in [-0.2, 0) is 4.74 Å². The molecule has 1 aliphatic heterocycles. The number of carbonyl (C=O) groups excluding carboxylic acids is 1. The predicted molar refractivity (Wildman–Crippen MR) is 76.6 cm³/mol. The van der Waals surface area contributed by atoms with Crippen LogP contribution in [0.5, 0.6) is 0 Å². The second-order valence-electron chi connectivity index (χ2n) is 5.45. The molecule has 0 bridgehead atoms. The van der Waals surface area contributed by atoms with E-state index in [1.807, 2.05) is 26.0 Å². The van der Waals surface area contributed by atoms with Crippen LogP contribution in [0.3, 0.4) is 0 Å². The fourth-order valence-electron chi connectivity index (χ4n) is 2.67. The summed E-state index contributed by atoms with van der Waals surface area (Å²) in [6.07, 6.45) is 1.07. The molecule has 2 unspecified atom stereocenters. The molecule has 1 heterocycles. The number of nitrogens with one attached hydrogen (secondary N) is 1. The number of Topliss-reactive ketones (excluding diaryl/α,β-unsaturated/α-hetero) is 1. The zero-order valence-electron chi connectivity index (χ0n) is 12.0. The van der Waals surface area contributed by atoms with E-state index in [-0.39, 0.29) is 17.7 Å². The fourth-order valence-corrected chi connectivity index (χ4v) is 2.67. The monoisotopic (exact) mass is 261 g/mol. The van der Waals surface area contributed by atoms with Gasteiger partial charge in [0.15, 0.2) is 5.78 Å². The van der Waals surface area contributed by atoms with Gasteiger partial charge in [0, 0.05) is 11.6 Å². The first-order chi connectivity index (χ1) is 9.11. The summed E-state index contributed by atoms with van der Waals surface area (Å²) in [5, 5.41) is 3.42. The summed E-state index contributed by atoms with van der Waals surface area (Å²) >= 11 is 0. The third kappa shape index (κ3) is 3.43. The van der Waals surface area contributed by atoms with Crippen LogP contribution in [-0.4, -0.2) is 31.6 Å². The highest BCUT2D eigenvalue weighted by molar-refractivity contribution is 5.99. The highest BCUT2D eigenvalue weighted by atomic mass is 16.5. The Balaban J connectivity index is 2.13. The van der Waals surface area contributed by atoms with Gasteiger partial charge in [-0.25, -0.2) is 0 Å². The Labute approximate surface area is 115 Å². The van der Waals surface area contributed by atoms with Crippen LogP contribution in [0.1, 0.15) is 34.8 Å². The molecule has 1 fully saturated rings. The van der Waals surface area contributed by atoms with Crippen LogP contribution >= 0.6 is 0 Å². The molecule has 0 aliphatic carbocycles. The van der Waals surface area contributed by atoms with Gasteiger partial charge in [-0.05, 0) is 38.9 Å². The van der Waals surface area contributed by atoms with Crippen molar-refractivity contribution in [1.29, 1.82) is 0 Å². The van der Waals surface area contributed by atoms with Gasteiger partial charge in [0.2, 0.25) is 0 Å². The lowest BCUT2D eigenvalue weighted by Gasteiger charge is -2.18. The van der Waals surface area contributed by atoms with Crippen molar-refractivity contribution >= 4 is 5.78 Å². The number of hydrogen-bond acceptors (Lipinski definition) is 3. The van der Waals surface area contributed by atoms with Crippen molar-refractivity contribution in [2.45, 2.75) is 33.2 Å². The van der Waals surface area contributed by atoms with E-state index in [0.717, 1.165) is 29.7 Å². The maximum atomic E-state index is 12.6. The van der Waals surface area contributed by atoms with E-state index in [9.17, 15) is 4.79 Å². The number of hydrogen-bond donors (Lipinski definition) is 1. The number of carbonyl (C=O) groups is 1. The largest absolute Gasteiger partial charge is 0.379 e. The Bertz CT molecular complexity index is 436. The van der Waals surface area contributed by atoms with Crippen LogP contribution in [0.25, 0.3) is 0 Å². The second-order valence-corrected chi connectivity index (χ2v) is 5.45. The molecule has 1 saturated heterocycles. The van der Waals surface area contributed by atoms with Crippen LogP contribution in [0.15, 0.2) is 18.2 Å². The fraction of sp³-hybridized carbons (Fsp3) is 0.562. The normalized spacial score (nSPS) is 22.7. The van der Waals surface area contributed by atoms with Crippen LogP contribution < -0.4 is 5.32 Å². The first-order valence-corrected chi connectivity index (χ1v) is 7.05. The number of rotatable bonds is 5. The smallest absolute Gasteiger partial charge is 0.169 e. The van der Waals surface area contributed by atoms with Crippen molar-refractivity contribution in [2.75, 3.05) is 19.8 Å². The van der Waals surface area contributed by atoms with Crippen molar-refractivity contribution < 1.29 is 9.53 Å². The number of benzene rings is 1. The van der Waals surface area contributed by atoms with E-state index in [4.69, 9.17) is 4.74 Å². The van der Waals surface area contributed by atoms with Gasteiger partial charge in [-0.2, -0.15) is 0 Å². The molecular formula is C16H23NO2. The summed E-state index contributed by atoms with van der Waals surface area (Å²) in [7, 11) is 0. The summed E-state index contributed by atoms with van der Waals surface area (Å²) in [6.45, 7) is 8.30. The molecule has 3 nitrogen and oxygen atoms in total. The molecule has 1 aromatic rings. The molecule has 19 heavy (non-hydrogen) atoms. The first-order valence-electron chi connectivity index (χ1n) is 7.05. The maximum Gasteiger partial charge on any atom is 0.169 e. The van der Waals surface area contributed by atoms with Gasteiger partial charge in [0.05, 0.1) is 19.1 Å². The van der Waals surface area contributed by atoms with Gasteiger partial charge < -0.3 is 10.1 Å². The van der Waals surface area contributed by atoms with Crippen LogP contribution in [0, 0.1) is 19.8 Å². The Morgan fingerprint density at radius 2 is 1.95 bits per heavy atom. The highest BCUT2D eigenvalue weighted by Gasteiger charge is 2.34. The van der Waals surface area contributed by atoms with E-state index in [2.05, 4.69) is 18.3 Å². The van der Waals surface area contributed by atoms with E-state index in [1.165, 1.54) is 0 Å². The van der Waals surface area contributed by atoms with Gasteiger partial charge in [0.25, 0.3) is 0 Å². The summed E-state index contributed by atoms with van der Waals surface area (Å²) < 4.78 is 5.49. The number of ether oxygens (including phenoxy) is 1. The lowest BCUT2D eigenvalue weighted by molar-refractivity contribution is 0.0891. The minimum atomic E-state index is -0.0484. The molecule has 3 heteroatoms. The number of aryl methyl sites for hydroxylation is 2. The Hall–Kier alpha value is -1.19. The second kappa shape index (κ2) is 6.31. The molecule has 2 rings (SSSR count). The minimum Gasteiger partial charge on any atom is -0.379 e. The van der Waals surface area contributed by atoms with E-state index in [1.54, 1.807) is 0 Å². The van der Waals surface area contributed by atoms with Crippen LogP contribution in [0.4, 0.5) is 0 Å². The Kier molecular flexibility index (Phi) is 4.72. The molecule has 104 valence electrons. The maximum absolute atomic E-state index is 12.6. The van der Waals surface area contributed by atoms with Crippen LogP contribution in [0.2, 0.25) is 0 Å².